The van der Waals surface area contributed by atoms with Crippen molar-refractivity contribution in [1.82, 2.24) is 4.98 Å². The summed E-state index contributed by atoms with van der Waals surface area (Å²) in [6.45, 7) is 1.82. The number of rotatable bonds is 3. The van der Waals surface area contributed by atoms with E-state index in [2.05, 4.69) is 9.72 Å². The average Bonchev–Trinajstić information content (AvgIpc) is 2.18. The van der Waals surface area contributed by atoms with E-state index in [1.807, 2.05) is 6.92 Å². The lowest BCUT2D eigenvalue weighted by molar-refractivity contribution is -0.137. The number of ether oxygens (including phenoxy) is 1. The largest absolute Gasteiger partial charge is 0.389 e. The Bertz CT molecular complexity index is 379. The molecule has 4 nitrogen and oxygen atoms in total. The van der Waals surface area contributed by atoms with Gasteiger partial charge in [-0.3, -0.25) is 4.79 Å². The van der Waals surface area contributed by atoms with E-state index in [0.29, 0.717) is 6.42 Å². The Labute approximate surface area is 92.2 Å². The van der Waals surface area contributed by atoms with Gasteiger partial charge in [0.15, 0.2) is 0 Å². The minimum atomic E-state index is -0.758. The van der Waals surface area contributed by atoms with Crippen LogP contribution in [0, 0.1) is 0 Å². The Morgan fingerprint density at radius 1 is 1.53 bits per heavy atom. The minimum Gasteiger partial charge on any atom is -0.389 e. The van der Waals surface area contributed by atoms with Crippen LogP contribution in [0.5, 0.6) is 0 Å². The van der Waals surface area contributed by atoms with Crippen molar-refractivity contribution in [2.75, 3.05) is 0 Å². The molecule has 80 valence electrons. The predicted octanol–water partition coefficient (Wildman–Crippen LogP) is 2.22. The topological polar surface area (TPSA) is 56.3 Å². The summed E-state index contributed by atoms with van der Waals surface area (Å²) in [4.78, 5) is 26.1. The molecule has 0 spiro atoms. The monoisotopic (exact) mass is 227 g/mol. The van der Waals surface area contributed by atoms with Crippen LogP contribution in [-0.4, -0.2) is 16.9 Å². The van der Waals surface area contributed by atoms with E-state index < -0.39 is 11.9 Å². The fraction of sp³-hybridized carbons (Fsp3) is 0.300. The highest BCUT2D eigenvalue weighted by atomic mass is 35.5. The van der Waals surface area contributed by atoms with Gasteiger partial charge >= 0.3 is 11.9 Å². The van der Waals surface area contributed by atoms with Crippen LogP contribution in [0.15, 0.2) is 18.3 Å². The van der Waals surface area contributed by atoms with Crippen molar-refractivity contribution in [3.05, 3.63) is 29.0 Å². The Hall–Kier alpha value is -1.42. The number of hydrogen-bond acceptors (Lipinski definition) is 4. The van der Waals surface area contributed by atoms with Gasteiger partial charge in [-0.05, 0) is 18.6 Å². The average molecular weight is 228 g/mol. The zero-order valence-corrected chi connectivity index (χ0v) is 8.95. The van der Waals surface area contributed by atoms with Gasteiger partial charge in [0.2, 0.25) is 0 Å². The molecular weight excluding hydrogens is 218 g/mol. The second kappa shape index (κ2) is 5.46. The lowest BCUT2D eigenvalue weighted by Crippen LogP contribution is -2.12. The molecule has 0 aromatic carbocycles. The van der Waals surface area contributed by atoms with Gasteiger partial charge in [-0.2, -0.15) is 0 Å². The van der Waals surface area contributed by atoms with Gasteiger partial charge < -0.3 is 4.74 Å². The zero-order valence-electron chi connectivity index (χ0n) is 8.20. The van der Waals surface area contributed by atoms with E-state index in [1.54, 1.807) is 6.07 Å². The highest BCUT2D eigenvalue weighted by Gasteiger charge is 2.15. The number of nitrogens with zero attached hydrogens (tertiary/aromatic N) is 1. The summed E-state index contributed by atoms with van der Waals surface area (Å²) >= 11 is 5.66. The summed E-state index contributed by atoms with van der Waals surface area (Å²) in [7, 11) is 0. The second-order valence-corrected chi connectivity index (χ2v) is 3.21. The van der Waals surface area contributed by atoms with E-state index in [1.165, 1.54) is 12.3 Å². The van der Waals surface area contributed by atoms with E-state index >= 15 is 0 Å². The maximum atomic E-state index is 11.4. The van der Waals surface area contributed by atoms with Crippen LogP contribution >= 0.6 is 11.6 Å². The number of carbonyl (C=O) groups is 2. The summed E-state index contributed by atoms with van der Waals surface area (Å²) in [5, 5.41) is 0.0341. The maximum absolute atomic E-state index is 11.4. The highest BCUT2D eigenvalue weighted by molar-refractivity contribution is 6.32. The smallest absolute Gasteiger partial charge is 0.348 e. The summed E-state index contributed by atoms with van der Waals surface area (Å²) < 4.78 is 4.56. The van der Waals surface area contributed by atoms with Crippen LogP contribution in [0.1, 0.15) is 30.1 Å². The van der Waals surface area contributed by atoms with Gasteiger partial charge in [-0.1, -0.05) is 18.5 Å². The Morgan fingerprint density at radius 3 is 2.87 bits per heavy atom. The van der Waals surface area contributed by atoms with Crippen LogP contribution in [-0.2, 0) is 9.53 Å². The molecule has 0 bridgehead atoms. The molecule has 0 radical (unpaired) electrons. The van der Waals surface area contributed by atoms with Crippen LogP contribution in [0.25, 0.3) is 0 Å². The molecule has 0 saturated heterocycles. The lowest BCUT2D eigenvalue weighted by Gasteiger charge is -2.02. The van der Waals surface area contributed by atoms with Crippen LogP contribution in [0.2, 0.25) is 5.15 Å². The standard InChI is InChI=1S/C10H10ClNO3/c1-2-4-8(13)15-10(14)7-5-3-6-12-9(7)11/h3,5-6H,2,4H2,1H3. The number of hydrogen-bond donors (Lipinski definition) is 0. The number of halogens is 1. The fourth-order valence-electron chi connectivity index (χ4n) is 0.952. The third kappa shape index (κ3) is 3.32. The first-order chi connectivity index (χ1) is 7.15. The Morgan fingerprint density at radius 2 is 2.27 bits per heavy atom. The summed E-state index contributed by atoms with van der Waals surface area (Å²) in [5.74, 6) is -1.31. The molecule has 15 heavy (non-hydrogen) atoms. The summed E-state index contributed by atoms with van der Waals surface area (Å²) in [6.07, 6.45) is 2.30. The molecule has 1 heterocycles. The van der Waals surface area contributed by atoms with Crippen molar-refractivity contribution < 1.29 is 14.3 Å². The SMILES string of the molecule is CCCC(=O)OC(=O)c1cccnc1Cl. The Kier molecular flexibility index (Phi) is 4.24. The van der Waals surface area contributed by atoms with Crippen molar-refractivity contribution in [1.29, 1.82) is 0 Å². The van der Waals surface area contributed by atoms with Gasteiger partial charge in [0.05, 0.1) is 5.56 Å². The molecule has 0 unspecified atom stereocenters. The van der Waals surface area contributed by atoms with E-state index in [4.69, 9.17) is 11.6 Å². The first-order valence-corrected chi connectivity index (χ1v) is 4.88. The third-order valence-corrected chi connectivity index (χ3v) is 1.94. The normalized spacial score (nSPS) is 9.73. The molecule has 5 heteroatoms. The fourth-order valence-corrected chi connectivity index (χ4v) is 1.15. The van der Waals surface area contributed by atoms with Crippen molar-refractivity contribution in [3.8, 4) is 0 Å². The molecule has 0 aliphatic carbocycles. The molecule has 1 rings (SSSR count). The summed E-state index contributed by atoms with van der Waals surface area (Å²) in [6, 6.07) is 3.00. The second-order valence-electron chi connectivity index (χ2n) is 2.85. The van der Waals surface area contributed by atoms with Gasteiger partial charge in [-0.15, -0.1) is 0 Å². The molecule has 0 aliphatic heterocycles. The van der Waals surface area contributed by atoms with Gasteiger partial charge in [0.25, 0.3) is 0 Å². The molecule has 0 saturated carbocycles. The third-order valence-electron chi connectivity index (χ3n) is 1.64. The van der Waals surface area contributed by atoms with Crippen LogP contribution in [0.3, 0.4) is 0 Å². The van der Waals surface area contributed by atoms with Gasteiger partial charge in [0, 0.05) is 12.6 Å². The first-order valence-electron chi connectivity index (χ1n) is 4.50. The van der Waals surface area contributed by atoms with Crippen LogP contribution < -0.4 is 0 Å². The summed E-state index contributed by atoms with van der Waals surface area (Å²) in [5.41, 5.74) is 0.101. The molecule has 1 aromatic rings. The maximum Gasteiger partial charge on any atom is 0.348 e. The van der Waals surface area contributed by atoms with E-state index in [9.17, 15) is 9.59 Å². The quantitative estimate of drug-likeness (QED) is 0.451. The van der Waals surface area contributed by atoms with E-state index in [-0.39, 0.29) is 17.1 Å². The molecule has 0 fully saturated rings. The molecule has 0 atom stereocenters. The van der Waals surface area contributed by atoms with Crippen molar-refractivity contribution in [2.24, 2.45) is 0 Å². The molecule has 0 amide bonds. The molecule has 1 aromatic heterocycles. The number of carbonyl (C=O) groups excluding carboxylic acids is 2. The van der Waals surface area contributed by atoms with Crippen molar-refractivity contribution >= 4 is 23.5 Å². The molecule has 0 N–H and O–H groups in total. The predicted molar refractivity (Wildman–Crippen MR) is 54.6 cm³/mol. The van der Waals surface area contributed by atoms with Crippen molar-refractivity contribution in [3.63, 3.8) is 0 Å². The zero-order chi connectivity index (χ0) is 11.3. The van der Waals surface area contributed by atoms with Gasteiger partial charge in [0.1, 0.15) is 5.15 Å². The molecule has 0 aliphatic rings. The van der Waals surface area contributed by atoms with Gasteiger partial charge in [-0.25, -0.2) is 9.78 Å². The first kappa shape index (κ1) is 11.7. The lowest BCUT2D eigenvalue weighted by atomic mass is 10.3. The Balaban J connectivity index is 2.70. The number of esters is 2. The van der Waals surface area contributed by atoms with Crippen molar-refractivity contribution in [2.45, 2.75) is 19.8 Å². The highest BCUT2D eigenvalue weighted by Crippen LogP contribution is 2.13. The molecular formula is C10H10ClNO3. The number of pyridine rings is 1. The van der Waals surface area contributed by atoms with E-state index in [0.717, 1.165) is 0 Å². The number of aromatic nitrogens is 1. The van der Waals surface area contributed by atoms with Crippen LogP contribution in [0.4, 0.5) is 0 Å². The minimum absolute atomic E-state index is 0.0341.